The first-order valence-corrected chi connectivity index (χ1v) is 13.1. The van der Waals surface area contributed by atoms with Crippen LogP contribution in [0.3, 0.4) is 0 Å². The van der Waals surface area contributed by atoms with Crippen LogP contribution in [-0.4, -0.2) is 94.1 Å². The number of carbonyl (C=O) groups is 2. The van der Waals surface area contributed by atoms with Gasteiger partial charge in [-0.25, -0.2) is 4.79 Å². The number of cyclic esters (lactones) is 1. The molecular weight excluding hydrogens is 516 g/mol. The van der Waals surface area contributed by atoms with E-state index in [1.54, 1.807) is 13.0 Å². The summed E-state index contributed by atoms with van der Waals surface area (Å²) in [5.41, 5.74) is -1.02. The number of rotatable bonds is 5. The zero-order valence-corrected chi connectivity index (χ0v) is 22.0. The van der Waals surface area contributed by atoms with E-state index in [4.69, 9.17) is 23.4 Å². The number of carbonyl (C=O) groups excluding carboxylic acids is 2. The lowest BCUT2D eigenvalue weighted by Crippen LogP contribution is -2.65. The lowest BCUT2D eigenvalue weighted by molar-refractivity contribution is -0.329. The van der Waals surface area contributed by atoms with Crippen molar-refractivity contribution in [3.63, 3.8) is 0 Å². The number of esters is 2. The van der Waals surface area contributed by atoms with Gasteiger partial charge in [0.15, 0.2) is 6.29 Å². The smallest absolute Gasteiger partial charge is 0.334 e. The molecule has 5 rings (SSSR count). The number of furan rings is 1. The van der Waals surface area contributed by atoms with Crippen molar-refractivity contribution in [3.8, 4) is 0 Å². The minimum absolute atomic E-state index is 0.0693. The van der Waals surface area contributed by atoms with Crippen LogP contribution in [-0.2, 0) is 28.5 Å². The van der Waals surface area contributed by atoms with E-state index in [-0.39, 0.29) is 18.4 Å². The first kappa shape index (κ1) is 28.2. The Hall–Kier alpha value is -2.32. The maximum atomic E-state index is 13.5. The van der Waals surface area contributed by atoms with Crippen molar-refractivity contribution in [2.75, 3.05) is 13.7 Å². The number of aliphatic hydroxyl groups is 5. The molecule has 1 saturated carbocycles. The van der Waals surface area contributed by atoms with Gasteiger partial charge in [-0.15, -0.1) is 0 Å². The molecule has 216 valence electrons. The Kier molecular flexibility index (Phi) is 7.42. The molecule has 1 aromatic heterocycles. The predicted molar refractivity (Wildman–Crippen MR) is 129 cm³/mol. The fourth-order valence-electron chi connectivity index (χ4n) is 7.33. The van der Waals surface area contributed by atoms with Gasteiger partial charge in [-0.2, -0.15) is 0 Å². The van der Waals surface area contributed by atoms with Crippen LogP contribution >= 0.6 is 0 Å². The summed E-state index contributed by atoms with van der Waals surface area (Å²) < 4.78 is 28.0. The van der Waals surface area contributed by atoms with Crippen LogP contribution in [0.2, 0.25) is 0 Å². The Labute approximate surface area is 225 Å². The summed E-state index contributed by atoms with van der Waals surface area (Å²) in [4.78, 5) is 26.6. The van der Waals surface area contributed by atoms with E-state index in [1.165, 1.54) is 25.7 Å². The van der Waals surface area contributed by atoms with Gasteiger partial charge in [0, 0.05) is 16.6 Å². The van der Waals surface area contributed by atoms with Crippen molar-refractivity contribution in [1.29, 1.82) is 0 Å². The van der Waals surface area contributed by atoms with Gasteiger partial charge in [0.2, 0.25) is 0 Å². The van der Waals surface area contributed by atoms with E-state index < -0.39 is 90.2 Å². The van der Waals surface area contributed by atoms with Crippen molar-refractivity contribution in [3.05, 3.63) is 35.8 Å². The predicted octanol–water partition coefficient (Wildman–Crippen LogP) is -0.0346. The Bertz CT molecular complexity index is 1100. The highest BCUT2D eigenvalue weighted by molar-refractivity contribution is 5.91. The molecule has 1 aromatic rings. The lowest BCUT2D eigenvalue weighted by atomic mass is 9.44. The largest absolute Gasteiger partial charge is 0.472 e. The molecule has 0 radical (unpaired) electrons. The molecule has 3 heterocycles. The molecule has 2 aliphatic heterocycles. The summed E-state index contributed by atoms with van der Waals surface area (Å²) in [6, 6.07) is 1.73. The fraction of sp³-hybridized carbons (Fsp3) is 0.704. The Morgan fingerprint density at radius 1 is 1.13 bits per heavy atom. The van der Waals surface area contributed by atoms with E-state index in [1.807, 2.05) is 6.92 Å². The van der Waals surface area contributed by atoms with Gasteiger partial charge >= 0.3 is 11.9 Å². The molecule has 12 atom stereocenters. The van der Waals surface area contributed by atoms with E-state index >= 15 is 0 Å². The second-order valence-electron chi connectivity index (χ2n) is 11.5. The molecule has 5 N–H and O–H groups in total. The summed E-state index contributed by atoms with van der Waals surface area (Å²) in [6.07, 6.45) is -5.02. The number of methoxy groups -OCH3 is 1. The van der Waals surface area contributed by atoms with Gasteiger partial charge in [-0.05, 0) is 42.7 Å². The molecule has 2 aliphatic carbocycles. The van der Waals surface area contributed by atoms with Crippen molar-refractivity contribution in [1.82, 2.24) is 0 Å². The van der Waals surface area contributed by atoms with E-state index in [9.17, 15) is 35.1 Å². The summed E-state index contributed by atoms with van der Waals surface area (Å²) in [5.74, 6) is -2.33. The zero-order valence-electron chi connectivity index (χ0n) is 22.0. The quantitative estimate of drug-likeness (QED) is 0.308. The van der Waals surface area contributed by atoms with Crippen LogP contribution in [0.4, 0.5) is 0 Å². The molecule has 0 amide bonds. The summed E-state index contributed by atoms with van der Waals surface area (Å²) in [5, 5.41) is 51.7. The van der Waals surface area contributed by atoms with Gasteiger partial charge in [-0.1, -0.05) is 13.8 Å². The Balaban J connectivity index is 1.56. The number of hydrogen-bond acceptors (Lipinski definition) is 12. The van der Waals surface area contributed by atoms with Crippen LogP contribution < -0.4 is 0 Å². The van der Waals surface area contributed by atoms with Gasteiger partial charge in [0.1, 0.15) is 30.5 Å². The minimum atomic E-state index is -1.68. The zero-order chi connectivity index (χ0) is 28.3. The molecule has 3 fully saturated rings. The molecule has 12 heteroatoms. The molecular formula is C27H36O12. The highest BCUT2D eigenvalue weighted by atomic mass is 16.7. The molecule has 0 bridgehead atoms. The maximum Gasteiger partial charge on any atom is 0.334 e. The number of aliphatic hydroxyl groups excluding tert-OH is 5. The molecule has 4 aliphatic rings. The van der Waals surface area contributed by atoms with Crippen molar-refractivity contribution < 1.29 is 58.5 Å². The van der Waals surface area contributed by atoms with Crippen LogP contribution in [0.25, 0.3) is 0 Å². The molecule has 12 nitrogen and oxygen atoms in total. The van der Waals surface area contributed by atoms with E-state index in [0.717, 1.165) is 0 Å². The highest BCUT2D eigenvalue weighted by Gasteiger charge is 2.66. The molecule has 0 aromatic carbocycles. The average Bonchev–Trinajstić information content (AvgIpc) is 3.45. The van der Waals surface area contributed by atoms with Crippen molar-refractivity contribution in [2.45, 2.75) is 82.1 Å². The highest BCUT2D eigenvalue weighted by Crippen LogP contribution is 2.65. The fourth-order valence-corrected chi connectivity index (χ4v) is 7.33. The SMILES string of the molecule is COC(=O)C1=C[C@H](O)C[C@H]2[C@]3(C)C[C@@H](c4ccoc4)OC(=O)[C@H]3C[C@H](O[C@@H]3O[C@H](CO)[C@@H](O)[C@H](O)[C@H]3O)[C@@]12C. The van der Waals surface area contributed by atoms with Crippen LogP contribution in [0.15, 0.2) is 34.7 Å². The van der Waals surface area contributed by atoms with Crippen LogP contribution in [0, 0.1) is 22.7 Å². The van der Waals surface area contributed by atoms with Gasteiger partial charge in [0.25, 0.3) is 0 Å². The molecule has 39 heavy (non-hydrogen) atoms. The minimum Gasteiger partial charge on any atom is -0.472 e. The summed E-state index contributed by atoms with van der Waals surface area (Å²) in [6.45, 7) is 3.11. The summed E-state index contributed by atoms with van der Waals surface area (Å²) in [7, 11) is 1.23. The Morgan fingerprint density at radius 3 is 2.51 bits per heavy atom. The third-order valence-corrected chi connectivity index (χ3v) is 9.49. The average molecular weight is 553 g/mol. The molecule has 0 spiro atoms. The number of hydrogen-bond donors (Lipinski definition) is 5. The van der Waals surface area contributed by atoms with Crippen molar-refractivity contribution in [2.24, 2.45) is 22.7 Å². The monoisotopic (exact) mass is 552 g/mol. The third-order valence-electron chi connectivity index (χ3n) is 9.49. The maximum absolute atomic E-state index is 13.5. The second kappa shape index (κ2) is 10.3. The molecule has 2 saturated heterocycles. The van der Waals surface area contributed by atoms with Crippen molar-refractivity contribution >= 4 is 11.9 Å². The molecule has 0 unspecified atom stereocenters. The van der Waals surface area contributed by atoms with Gasteiger partial charge in [-0.3, -0.25) is 4.79 Å². The number of fused-ring (bicyclic) bond motifs is 3. The van der Waals surface area contributed by atoms with E-state index in [2.05, 4.69) is 0 Å². The standard InChI is InChI=1S/C27H36O12/c1-26-9-16(12-4-5-36-11-12)37-24(34)14(26)8-19(39-25-22(32)21(31)20(30)17(10-28)38-25)27(2)15(23(33)35-3)6-13(29)7-18(26)27/h4-6,11,13-14,16-22,25,28-32H,7-10H2,1-3H3/t13-,14+,16-,17+,18-,19-,20+,21-,22+,25-,26+,27-/m0/s1. The third kappa shape index (κ3) is 4.42. The lowest BCUT2D eigenvalue weighted by Gasteiger charge is -2.62. The normalized spacial score (nSPS) is 45.9. The van der Waals surface area contributed by atoms with E-state index in [0.29, 0.717) is 12.0 Å². The van der Waals surface area contributed by atoms with Gasteiger partial charge in [0.05, 0.1) is 44.4 Å². The summed E-state index contributed by atoms with van der Waals surface area (Å²) >= 11 is 0. The van der Waals surface area contributed by atoms with Gasteiger partial charge < -0.3 is 48.9 Å². The topological polar surface area (TPSA) is 185 Å². The first-order chi connectivity index (χ1) is 18.4. The Morgan fingerprint density at radius 2 is 1.87 bits per heavy atom. The number of ether oxygens (including phenoxy) is 4. The first-order valence-electron chi connectivity index (χ1n) is 13.1. The van der Waals surface area contributed by atoms with Crippen LogP contribution in [0.1, 0.15) is 44.8 Å². The van der Waals surface area contributed by atoms with Crippen LogP contribution in [0.5, 0.6) is 0 Å². The second-order valence-corrected chi connectivity index (χ2v) is 11.5.